The topological polar surface area (TPSA) is 29.1 Å². The average molecular weight is 283 g/mol. The van der Waals surface area contributed by atoms with Gasteiger partial charge in [0.25, 0.3) is 0 Å². The molecule has 2 aromatic rings. The third kappa shape index (κ3) is 3.05. The summed E-state index contributed by atoms with van der Waals surface area (Å²) in [6.45, 7) is 0. The van der Waals surface area contributed by atoms with E-state index in [1.165, 1.54) is 11.3 Å². The van der Waals surface area contributed by atoms with Crippen molar-refractivity contribution in [1.82, 2.24) is 0 Å². The van der Waals surface area contributed by atoms with Crippen LogP contribution in [0.4, 0.5) is 5.69 Å². The molecule has 0 bridgehead atoms. The first kappa shape index (κ1) is 13.3. The van der Waals surface area contributed by atoms with Crippen LogP contribution in [0.5, 0.6) is 0 Å². The largest absolute Gasteiger partial charge is 0.325 e. The zero-order valence-electron chi connectivity index (χ0n) is 11.2. The van der Waals surface area contributed by atoms with Gasteiger partial charge in [-0.05, 0) is 37.1 Å². The van der Waals surface area contributed by atoms with Crippen LogP contribution >= 0.6 is 11.8 Å². The maximum Gasteiger partial charge on any atom is 0.227 e. The van der Waals surface area contributed by atoms with Crippen molar-refractivity contribution in [1.29, 1.82) is 0 Å². The standard InChI is InChI=1S/C17H17NOS/c19-17(13-7-6-8-13)18-15-11-4-5-12-16(15)20-14-9-2-1-3-10-14/h1-5,9-13H,6-8H2,(H,18,19). The second-order valence-electron chi connectivity index (χ2n) is 5.03. The predicted molar refractivity (Wildman–Crippen MR) is 83.0 cm³/mol. The molecule has 0 atom stereocenters. The van der Waals surface area contributed by atoms with Crippen molar-refractivity contribution in [3.05, 3.63) is 54.6 Å². The Morgan fingerprint density at radius 3 is 2.40 bits per heavy atom. The van der Waals surface area contributed by atoms with Gasteiger partial charge in [0, 0.05) is 15.7 Å². The number of carbonyl (C=O) groups is 1. The molecule has 0 aliphatic heterocycles. The summed E-state index contributed by atoms with van der Waals surface area (Å²) >= 11 is 1.68. The summed E-state index contributed by atoms with van der Waals surface area (Å²) in [5.41, 5.74) is 0.915. The summed E-state index contributed by atoms with van der Waals surface area (Å²) in [5.74, 6) is 0.377. The van der Waals surface area contributed by atoms with Gasteiger partial charge in [0.15, 0.2) is 0 Å². The number of anilines is 1. The Morgan fingerprint density at radius 2 is 1.70 bits per heavy atom. The lowest BCUT2D eigenvalue weighted by Gasteiger charge is -2.24. The maximum atomic E-state index is 12.1. The van der Waals surface area contributed by atoms with Gasteiger partial charge >= 0.3 is 0 Å². The molecule has 1 aliphatic carbocycles. The molecule has 3 heteroatoms. The number of para-hydroxylation sites is 1. The highest BCUT2D eigenvalue weighted by Crippen LogP contribution is 2.34. The quantitative estimate of drug-likeness (QED) is 0.890. The lowest BCUT2D eigenvalue weighted by atomic mass is 9.85. The van der Waals surface area contributed by atoms with Crippen molar-refractivity contribution in [3.8, 4) is 0 Å². The monoisotopic (exact) mass is 283 g/mol. The lowest BCUT2D eigenvalue weighted by Crippen LogP contribution is -2.28. The third-order valence-corrected chi connectivity index (χ3v) is 4.68. The molecule has 1 aliphatic rings. The summed E-state index contributed by atoms with van der Waals surface area (Å²) in [7, 11) is 0. The van der Waals surface area contributed by atoms with Gasteiger partial charge in [-0.2, -0.15) is 0 Å². The van der Waals surface area contributed by atoms with Crippen LogP contribution in [0.1, 0.15) is 19.3 Å². The Hall–Kier alpha value is -1.74. The molecule has 0 unspecified atom stereocenters. The van der Waals surface area contributed by atoms with Gasteiger partial charge in [0.2, 0.25) is 5.91 Å². The van der Waals surface area contributed by atoms with E-state index in [0.717, 1.165) is 23.4 Å². The van der Waals surface area contributed by atoms with Crippen molar-refractivity contribution >= 4 is 23.4 Å². The molecule has 1 saturated carbocycles. The van der Waals surface area contributed by atoms with E-state index < -0.39 is 0 Å². The zero-order chi connectivity index (χ0) is 13.8. The van der Waals surface area contributed by atoms with E-state index >= 15 is 0 Å². The number of carbonyl (C=O) groups excluding carboxylic acids is 1. The Labute approximate surface area is 123 Å². The van der Waals surface area contributed by atoms with Crippen LogP contribution in [0.15, 0.2) is 64.4 Å². The second kappa shape index (κ2) is 6.14. The summed E-state index contributed by atoms with van der Waals surface area (Å²) in [6, 6.07) is 18.2. The fourth-order valence-corrected chi connectivity index (χ4v) is 3.10. The molecular formula is C17H17NOS. The van der Waals surface area contributed by atoms with Gasteiger partial charge in [-0.1, -0.05) is 48.5 Å². The molecule has 1 fully saturated rings. The van der Waals surface area contributed by atoms with Gasteiger partial charge in [0.1, 0.15) is 0 Å². The Bertz CT molecular complexity index is 593. The molecule has 1 N–H and O–H groups in total. The highest BCUT2D eigenvalue weighted by Gasteiger charge is 2.25. The third-order valence-electron chi connectivity index (χ3n) is 3.59. The summed E-state index contributed by atoms with van der Waals surface area (Å²) < 4.78 is 0. The van der Waals surface area contributed by atoms with Gasteiger partial charge < -0.3 is 5.32 Å². The van der Waals surface area contributed by atoms with Crippen LogP contribution in [0, 0.1) is 5.92 Å². The molecule has 3 rings (SSSR count). The second-order valence-corrected chi connectivity index (χ2v) is 6.14. The van der Waals surface area contributed by atoms with Crippen LogP contribution < -0.4 is 5.32 Å². The van der Waals surface area contributed by atoms with Crippen LogP contribution in [-0.2, 0) is 4.79 Å². The Balaban J connectivity index is 1.75. The molecule has 0 heterocycles. The number of hydrogen-bond donors (Lipinski definition) is 1. The zero-order valence-corrected chi connectivity index (χ0v) is 12.0. The van der Waals surface area contributed by atoms with E-state index in [2.05, 4.69) is 17.4 Å². The average Bonchev–Trinajstić information content (AvgIpc) is 2.40. The Morgan fingerprint density at radius 1 is 1.00 bits per heavy atom. The van der Waals surface area contributed by atoms with E-state index in [1.54, 1.807) is 11.8 Å². The highest BCUT2D eigenvalue weighted by molar-refractivity contribution is 7.99. The van der Waals surface area contributed by atoms with Crippen molar-refractivity contribution < 1.29 is 4.79 Å². The normalized spacial score (nSPS) is 14.6. The van der Waals surface area contributed by atoms with Gasteiger partial charge in [-0.15, -0.1) is 0 Å². The molecule has 102 valence electrons. The highest BCUT2D eigenvalue weighted by atomic mass is 32.2. The SMILES string of the molecule is O=C(Nc1ccccc1Sc1ccccc1)C1CCC1. The first-order valence-electron chi connectivity index (χ1n) is 6.96. The van der Waals surface area contributed by atoms with Crippen LogP contribution in [0.25, 0.3) is 0 Å². The molecule has 0 saturated heterocycles. The van der Waals surface area contributed by atoms with Gasteiger partial charge in [-0.25, -0.2) is 0 Å². The minimum absolute atomic E-state index is 0.164. The number of benzene rings is 2. The maximum absolute atomic E-state index is 12.1. The van der Waals surface area contributed by atoms with Crippen molar-refractivity contribution in [3.63, 3.8) is 0 Å². The van der Waals surface area contributed by atoms with Gasteiger partial charge in [0.05, 0.1) is 5.69 Å². The van der Waals surface area contributed by atoms with E-state index in [4.69, 9.17) is 0 Å². The fourth-order valence-electron chi connectivity index (χ4n) is 2.18. The molecule has 0 radical (unpaired) electrons. The van der Waals surface area contributed by atoms with Crippen LogP contribution in [0.2, 0.25) is 0 Å². The predicted octanol–water partition coefficient (Wildman–Crippen LogP) is 4.58. The van der Waals surface area contributed by atoms with E-state index in [-0.39, 0.29) is 11.8 Å². The lowest BCUT2D eigenvalue weighted by molar-refractivity contribution is -0.122. The number of rotatable bonds is 4. The Kier molecular flexibility index (Phi) is 4.07. The minimum atomic E-state index is 0.164. The molecule has 1 amide bonds. The summed E-state index contributed by atoms with van der Waals surface area (Å²) in [4.78, 5) is 14.3. The van der Waals surface area contributed by atoms with Crippen LogP contribution in [0.3, 0.4) is 0 Å². The van der Waals surface area contributed by atoms with Crippen molar-refractivity contribution in [2.45, 2.75) is 29.1 Å². The van der Waals surface area contributed by atoms with E-state index in [0.29, 0.717) is 0 Å². The summed E-state index contributed by atoms with van der Waals surface area (Å²) in [5, 5.41) is 3.07. The molecule has 2 aromatic carbocycles. The molecule has 2 nitrogen and oxygen atoms in total. The number of amides is 1. The minimum Gasteiger partial charge on any atom is -0.325 e. The first-order valence-corrected chi connectivity index (χ1v) is 7.77. The molecule has 0 aromatic heterocycles. The van der Waals surface area contributed by atoms with Crippen molar-refractivity contribution in [2.75, 3.05) is 5.32 Å². The van der Waals surface area contributed by atoms with E-state index in [9.17, 15) is 4.79 Å². The number of hydrogen-bond acceptors (Lipinski definition) is 2. The smallest absolute Gasteiger partial charge is 0.227 e. The summed E-state index contributed by atoms with van der Waals surface area (Å²) in [6.07, 6.45) is 3.23. The molecular weight excluding hydrogens is 266 g/mol. The van der Waals surface area contributed by atoms with Crippen LogP contribution in [-0.4, -0.2) is 5.91 Å². The molecule has 20 heavy (non-hydrogen) atoms. The first-order chi connectivity index (χ1) is 9.83. The fraction of sp³-hybridized carbons (Fsp3) is 0.235. The molecule has 0 spiro atoms. The van der Waals surface area contributed by atoms with Crippen molar-refractivity contribution in [2.24, 2.45) is 5.92 Å². The number of nitrogens with one attached hydrogen (secondary N) is 1. The van der Waals surface area contributed by atoms with Gasteiger partial charge in [-0.3, -0.25) is 4.79 Å². The van der Waals surface area contributed by atoms with E-state index in [1.807, 2.05) is 42.5 Å².